The molecule has 3 rings (SSSR count). The number of fused-ring (bicyclic) bond motifs is 3. The molecular formula is C27H38ClNO2. The van der Waals surface area contributed by atoms with Crippen molar-refractivity contribution in [1.82, 2.24) is 0 Å². The van der Waals surface area contributed by atoms with Gasteiger partial charge < -0.3 is 10.0 Å². The van der Waals surface area contributed by atoms with E-state index in [-0.39, 0.29) is 22.1 Å². The summed E-state index contributed by atoms with van der Waals surface area (Å²) < 4.78 is 0. The number of amides is 1. The number of carbonyl (C=O) groups is 1. The Labute approximate surface area is 193 Å². The van der Waals surface area contributed by atoms with E-state index in [1.54, 1.807) is 18.0 Å². The van der Waals surface area contributed by atoms with Gasteiger partial charge in [0, 0.05) is 13.5 Å². The van der Waals surface area contributed by atoms with Crippen molar-refractivity contribution in [2.24, 2.45) is 23.2 Å². The third-order valence-electron chi connectivity index (χ3n) is 7.31. The molecule has 2 bridgehead atoms. The van der Waals surface area contributed by atoms with E-state index in [4.69, 9.17) is 11.6 Å². The maximum atomic E-state index is 13.0. The van der Waals surface area contributed by atoms with Gasteiger partial charge >= 0.3 is 0 Å². The summed E-state index contributed by atoms with van der Waals surface area (Å²) in [7, 11) is 1.76. The normalized spacial score (nSPS) is 33.4. The number of rotatable bonds is 0. The Balaban J connectivity index is 1.85. The molecule has 0 aromatic heterocycles. The van der Waals surface area contributed by atoms with Crippen LogP contribution in [0.25, 0.3) is 0 Å². The molecule has 0 radical (unpaired) electrons. The van der Waals surface area contributed by atoms with Crippen LogP contribution in [0.4, 0.5) is 5.69 Å². The van der Waals surface area contributed by atoms with Crippen molar-refractivity contribution in [3.05, 3.63) is 46.5 Å². The van der Waals surface area contributed by atoms with Crippen LogP contribution >= 0.6 is 11.6 Å². The van der Waals surface area contributed by atoms with Crippen LogP contribution < -0.4 is 4.90 Å². The molecular weight excluding hydrogens is 406 g/mol. The zero-order valence-corrected chi connectivity index (χ0v) is 20.5. The zero-order valence-electron chi connectivity index (χ0n) is 19.7. The van der Waals surface area contributed by atoms with E-state index in [9.17, 15) is 9.90 Å². The number of anilines is 1. The molecule has 170 valence electrons. The highest BCUT2D eigenvalue weighted by Gasteiger charge is 2.49. The second kappa shape index (κ2) is 9.81. The van der Waals surface area contributed by atoms with Crippen molar-refractivity contribution in [3.8, 4) is 5.75 Å². The van der Waals surface area contributed by atoms with Crippen molar-refractivity contribution < 1.29 is 9.90 Å². The Morgan fingerprint density at radius 1 is 1.19 bits per heavy atom. The average molecular weight is 444 g/mol. The number of carbonyl (C=O) groups excluding carboxylic acids is 1. The summed E-state index contributed by atoms with van der Waals surface area (Å²) in [5.74, 6) is 2.21. The Morgan fingerprint density at radius 3 is 2.68 bits per heavy atom. The number of phenols is 1. The van der Waals surface area contributed by atoms with Crippen LogP contribution in [-0.4, -0.2) is 18.1 Å². The molecule has 3 nitrogen and oxygen atoms in total. The first-order valence-electron chi connectivity index (χ1n) is 11.7. The van der Waals surface area contributed by atoms with Gasteiger partial charge in [-0.2, -0.15) is 0 Å². The van der Waals surface area contributed by atoms with Crippen molar-refractivity contribution in [1.29, 1.82) is 0 Å². The first-order chi connectivity index (χ1) is 14.6. The van der Waals surface area contributed by atoms with Gasteiger partial charge in [0.05, 0.1) is 5.69 Å². The molecule has 1 aliphatic carbocycles. The molecule has 2 aliphatic rings. The molecule has 31 heavy (non-hydrogen) atoms. The summed E-state index contributed by atoms with van der Waals surface area (Å²) in [6.45, 7) is 9.15. The van der Waals surface area contributed by atoms with Crippen molar-refractivity contribution >= 4 is 23.2 Å². The quantitative estimate of drug-likeness (QED) is 0.456. The van der Waals surface area contributed by atoms with Gasteiger partial charge in [-0.15, -0.1) is 0 Å². The fraction of sp³-hybridized carbons (Fsp3) is 0.593. The number of allylic oxidation sites excluding steroid dienone is 4. The molecule has 4 heteroatoms. The highest BCUT2D eigenvalue weighted by molar-refractivity contribution is 6.35. The van der Waals surface area contributed by atoms with Crippen LogP contribution in [0, 0.1) is 23.2 Å². The fourth-order valence-electron chi connectivity index (χ4n) is 5.16. The second-order valence-corrected chi connectivity index (χ2v) is 10.9. The lowest BCUT2D eigenvalue weighted by atomic mass is 9.88. The van der Waals surface area contributed by atoms with Gasteiger partial charge in [-0.3, -0.25) is 4.79 Å². The number of nitrogens with zero attached hydrogens (tertiary/aromatic N) is 1. The molecule has 0 spiro atoms. The van der Waals surface area contributed by atoms with Crippen LogP contribution in [0.1, 0.15) is 71.8 Å². The lowest BCUT2D eigenvalue weighted by Crippen LogP contribution is -2.27. The number of halogens is 1. The molecule has 1 aromatic rings. The lowest BCUT2D eigenvalue weighted by Gasteiger charge is -2.22. The molecule has 1 saturated carbocycles. The molecule has 1 fully saturated rings. The number of phenolic OH excluding ortho intramolecular Hbond substituents is 1. The van der Waals surface area contributed by atoms with Crippen LogP contribution in [0.15, 0.2) is 35.9 Å². The van der Waals surface area contributed by atoms with E-state index in [2.05, 4.69) is 45.9 Å². The van der Waals surface area contributed by atoms with E-state index < -0.39 is 0 Å². The Kier molecular flexibility index (Phi) is 7.57. The second-order valence-electron chi connectivity index (χ2n) is 10.5. The van der Waals surface area contributed by atoms with E-state index in [1.165, 1.54) is 24.8 Å². The predicted octanol–water partition coefficient (Wildman–Crippen LogP) is 7.32. The van der Waals surface area contributed by atoms with E-state index >= 15 is 0 Å². The third-order valence-corrected chi connectivity index (χ3v) is 7.69. The van der Waals surface area contributed by atoms with E-state index in [0.29, 0.717) is 24.4 Å². The maximum Gasteiger partial charge on any atom is 0.226 e. The minimum atomic E-state index is 0.0279. The Hall–Kier alpha value is -1.74. The first-order valence-corrected chi connectivity index (χ1v) is 12.1. The van der Waals surface area contributed by atoms with Gasteiger partial charge in [0.25, 0.3) is 0 Å². The largest absolute Gasteiger partial charge is 0.506 e. The van der Waals surface area contributed by atoms with Crippen molar-refractivity contribution in [2.45, 2.75) is 72.6 Å². The average Bonchev–Trinajstić information content (AvgIpc) is 3.33. The van der Waals surface area contributed by atoms with Gasteiger partial charge in [-0.25, -0.2) is 0 Å². The van der Waals surface area contributed by atoms with Gasteiger partial charge in [0.2, 0.25) is 5.91 Å². The van der Waals surface area contributed by atoms with Gasteiger partial charge in [-0.1, -0.05) is 56.2 Å². The summed E-state index contributed by atoms with van der Waals surface area (Å²) in [5.41, 5.74) is 3.02. The van der Waals surface area contributed by atoms with E-state index in [0.717, 1.165) is 30.2 Å². The molecule has 4 unspecified atom stereocenters. The molecule has 1 aromatic carbocycles. The van der Waals surface area contributed by atoms with Crippen LogP contribution in [-0.2, 0) is 11.2 Å². The van der Waals surface area contributed by atoms with Gasteiger partial charge in [0.15, 0.2) is 0 Å². The summed E-state index contributed by atoms with van der Waals surface area (Å²) >= 11 is 6.38. The van der Waals surface area contributed by atoms with Crippen LogP contribution in [0.2, 0.25) is 5.02 Å². The van der Waals surface area contributed by atoms with Gasteiger partial charge in [-0.05, 0) is 86.3 Å². The predicted molar refractivity (Wildman–Crippen MR) is 131 cm³/mol. The van der Waals surface area contributed by atoms with Crippen LogP contribution in [0.5, 0.6) is 5.75 Å². The minimum absolute atomic E-state index is 0.0279. The highest BCUT2D eigenvalue weighted by atomic mass is 35.5. The lowest BCUT2D eigenvalue weighted by molar-refractivity contribution is -0.118. The van der Waals surface area contributed by atoms with Gasteiger partial charge in [0.1, 0.15) is 10.8 Å². The monoisotopic (exact) mass is 443 g/mol. The first kappa shape index (κ1) is 23.9. The molecule has 1 aliphatic heterocycles. The summed E-state index contributed by atoms with van der Waals surface area (Å²) in [6.07, 6.45) is 13.5. The van der Waals surface area contributed by atoms with E-state index in [1.807, 2.05) is 6.07 Å². The molecule has 4 atom stereocenters. The molecule has 1 heterocycles. The number of hydrogen-bond acceptors (Lipinski definition) is 2. The zero-order chi connectivity index (χ0) is 22.8. The SMILES string of the molecule is C/C1=C\C=C\CC(C)CC(C)CC2CC2(C)CCC(=O)N(C)c2cc(cc(O)c2Cl)C1. The fourth-order valence-corrected chi connectivity index (χ4v) is 5.39. The van der Waals surface area contributed by atoms with Crippen LogP contribution in [0.3, 0.4) is 0 Å². The summed E-state index contributed by atoms with van der Waals surface area (Å²) in [5, 5.41) is 10.6. The summed E-state index contributed by atoms with van der Waals surface area (Å²) in [6, 6.07) is 3.63. The summed E-state index contributed by atoms with van der Waals surface area (Å²) in [4.78, 5) is 14.6. The molecule has 1 N–H and O–H groups in total. The highest BCUT2D eigenvalue weighted by Crippen LogP contribution is 2.58. The Morgan fingerprint density at radius 2 is 1.94 bits per heavy atom. The number of hydrogen-bond donors (Lipinski definition) is 1. The third kappa shape index (κ3) is 6.16. The smallest absolute Gasteiger partial charge is 0.226 e. The maximum absolute atomic E-state index is 13.0. The van der Waals surface area contributed by atoms with Crippen molar-refractivity contribution in [2.75, 3.05) is 11.9 Å². The Bertz CT molecular complexity index is 874. The minimum Gasteiger partial charge on any atom is -0.506 e. The molecule has 1 amide bonds. The number of aromatic hydroxyl groups is 1. The van der Waals surface area contributed by atoms with Crippen molar-refractivity contribution in [3.63, 3.8) is 0 Å². The molecule has 0 saturated heterocycles. The number of benzene rings is 1. The standard InChI is InChI=1S/C27H38ClNO2/c1-18-8-6-7-9-19(2)13-21-15-23(26(28)24(30)16-21)29(5)25(31)10-11-27(4)17-22(27)14-20(3)12-18/h6-7,9,15-16,18,20,22,30H,8,10-14,17H2,1-5H3/b7-6+,19-9+. The topological polar surface area (TPSA) is 40.5 Å².